The number of nitrogens with zero attached hydrogens (tertiary/aromatic N) is 1. The number of hydrogen-bond acceptors (Lipinski definition) is 3. The van der Waals surface area contributed by atoms with Gasteiger partial charge in [-0.1, -0.05) is 23.2 Å². The second-order valence-electron chi connectivity index (χ2n) is 2.70. The minimum Gasteiger partial charge on any atom is -0.397 e. The summed E-state index contributed by atoms with van der Waals surface area (Å²) in [4.78, 5) is 4.15. The first-order valence-corrected chi connectivity index (χ1v) is 5.46. The fourth-order valence-corrected chi connectivity index (χ4v) is 2.23. The Bertz CT molecular complexity index is 468. The number of halogens is 2. The number of anilines is 1. The summed E-state index contributed by atoms with van der Waals surface area (Å²) in [6, 6.07) is 3.55. The summed E-state index contributed by atoms with van der Waals surface area (Å²) in [7, 11) is 0. The van der Waals surface area contributed by atoms with E-state index in [4.69, 9.17) is 28.9 Å². The van der Waals surface area contributed by atoms with Gasteiger partial charge in [0, 0.05) is 11.8 Å². The van der Waals surface area contributed by atoms with Gasteiger partial charge in [-0.05, 0) is 17.5 Å². The monoisotopic (exact) mass is 244 g/mol. The molecule has 2 aromatic rings. The van der Waals surface area contributed by atoms with Crippen molar-refractivity contribution in [2.24, 2.45) is 0 Å². The van der Waals surface area contributed by atoms with Gasteiger partial charge < -0.3 is 5.73 Å². The van der Waals surface area contributed by atoms with E-state index >= 15 is 0 Å². The molecule has 5 heteroatoms. The molecule has 0 saturated heterocycles. The van der Waals surface area contributed by atoms with Crippen LogP contribution in [0, 0.1) is 0 Å². The van der Waals surface area contributed by atoms with E-state index in [-0.39, 0.29) is 0 Å². The zero-order chi connectivity index (χ0) is 10.1. The van der Waals surface area contributed by atoms with Gasteiger partial charge in [-0.15, -0.1) is 11.3 Å². The number of pyridine rings is 1. The lowest BCUT2D eigenvalue weighted by atomic mass is 10.2. The maximum Gasteiger partial charge on any atom is 0.102 e. The first-order chi connectivity index (χ1) is 6.68. The van der Waals surface area contributed by atoms with E-state index in [1.54, 1.807) is 12.3 Å². The molecular weight excluding hydrogens is 239 g/mol. The van der Waals surface area contributed by atoms with Gasteiger partial charge >= 0.3 is 0 Å². The van der Waals surface area contributed by atoms with E-state index in [1.807, 2.05) is 11.4 Å². The molecular formula is C9H6Cl2N2S. The van der Waals surface area contributed by atoms with Crippen molar-refractivity contribution in [1.29, 1.82) is 0 Å². The summed E-state index contributed by atoms with van der Waals surface area (Å²) >= 11 is 13.2. The predicted octanol–water partition coefficient (Wildman–Crippen LogP) is 3.70. The highest BCUT2D eigenvalue weighted by molar-refractivity contribution is 7.15. The van der Waals surface area contributed by atoms with E-state index in [0.717, 1.165) is 5.56 Å². The summed E-state index contributed by atoms with van der Waals surface area (Å²) in [5.74, 6) is 0. The third-order valence-corrected chi connectivity index (χ3v) is 3.13. The molecule has 0 radical (unpaired) electrons. The second-order valence-corrected chi connectivity index (χ2v) is 4.65. The fourth-order valence-electron chi connectivity index (χ4n) is 1.14. The molecule has 0 saturated carbocycles. The minimum absolute atomic E-state index is 0.526. The van der Waals surface area contributed by atoms with Crippen molar-refractivity contribution >= 4 is 40.2 Å². The molecule has 0 bridgehead atoms. The lowest BCUT2D eigenvalue weighted by molar-refractivity contribution is 1.33. The number of aromatic nitrogens is 1. The van der Waals surface area contributed by atoms with Crippen molar-refractivity contribution in [3.8, 4) is 11.3 Å². The molecule has 2 heterocycles. The van der Waals surface area contributed by atoms with Gasteiger partial charge in [0.1, 0.15) is 4.34 Å². The molecule has 72 valence electrons. The molecule has 0 amide bonds. The molecule has 2 aromatic heterocycles. The van der Waals surface area contributed by atoms with Crippen LogP contribution in [-0.4, -0.2) is 4.98 Å². The molecule has 0 aliphatic heterocycles. The van der Waals surface area contributed by atoms with Crippen LogP contribution in [0.3, 0.4) is 0 Å². The van der Waals surface area contributed by atoms with Crippen LogP contribution in [0.25, 0.3) is 11.3 Å². The number of rotatable bonds is 1. The Labute approximate surface area is 95.3 Å². The molecule has 14 heavy (non-hydrogen) atoms. The summed E-state index contributed by atoms with van der Waals surface area (Å²) in [5.41, 5.74) is 7.85. The van der Waals surface area contributed by atoms with Gasteiger partial charge in [0.25, 0.3) is 0 Å². The highest BCUT2D eigenvalue weighted by atomic mass is 35.5. The summed E-state index contributed by atoms with van der Waals surface area (Å²) in [6.07, 6.45) is 1.56. The van der Waals surface area contributed by atoms with Crippen LogP contribution < -0.4 is 5.73 Å². The van der Waals surface area contributed by atoms with E-state index in [2.05, 4.69) is 4.98 Å². The van der Waals surface area contributed by atoms with Crippen molar-refractivity contribution in [1.82, 2.24) is 4.98 Å². The normalized spacial score (nSPS) is 10.4. The quantitative estimate of drug-likeness (QED) is 0.831. The minimum atomic E-state index is 0.526. The molecule has 0 atom stereocenters. The summed E-state index contributed by atoms with van der Waals surface area (Å²) in [6.45, 7) is 0. The van der Waals surface area contributed by atoms with Crippen molar-refractivity contribution in [2.45, 2.75) is 0 Å². The molecule has 2 nitrogen and oxygen atoms in total. The zero-order valence-corrected chi connectivity index (χ0v) is 9.33. The van der Waals surface area contributed by atoms with Crippen molar-refractivity contribution in [3.63, 3.8) is 0 Å². The number of nitrogens with two attached hydrogens (primary N) is 1. The van der Waals surface area contributed by atoms with Crippen molar-refractivity contribution in [2.75, 3.05) is 5.73 Å². The maximum absolute atomic E-state index is 5.98. The topological polar surface area (TPSA) is 38.9 Å². The fraction of sp³-hybridized carbons (Fsp3) is 0. The van der Waals surface area contributed by atoms with Gasteiger partial charge in [-0.25, -0.2) is 0 Å². The lowest BCUT2D eigenvalue weighted by Gasteiger charge is -2.02. The summed E-state index contributed by atoms with van der Waals surface area (Å²) in [5, 5.41) is 2.42. The molecule has 0 fully saturated rings. The predicted molar refractivity (Wildman–Crippen MR) is 62.0 cm³/mol. The summed E-state index contributed by atoms with van der Waals surface area (Å²) < 4.78 is 0.687. The van der Waals surface area contributed by atoms with Crippen LogP contribution >= 0.6 is 34.5 Å². The highest BCUT2D eigenvalue weighted by Gasteiger charge is 2.09. The standard InChI is InChI=1S/C9H6Cl2N2S/c10-5-3-7(12)8(13-4-5)6-1-2-14-9(6)11/h1-4H,12H2. The van der Waals surface area contributed by atoms with E-state index < -0.39 is 0 Å². The Hall–Kier alpha value is -0.770. The Morgan fingerprint density at radius 2 is 2.14 bits per heavy atom. The number of thiophene rings is 1. The van der Waals surface area contributed by atoms with Crippen LogP contribution in [0.2, 0.25) is 9.36 Å². The van der Waals surface area contributed by atoms with Crippen LogP contribution in [-0.2, 0) is 0 Å². The first-order valence-electron chi connectivity index (χ1n) is 3.83. The molecule has 0 spiro atoms. The first kappa shape index (κ1) is 9.77. The third-order valence-electron chi connectivity index (χ3n) is 1.76. The smallest absolute Gasteiger partial charge is 0.102 e. The van der Waals surface area contributed by atoms with Gasteiger partial charge in [0.05, 0.1) is 16.4 Å². The van der Waals surface area contributed by atoms with Gasteiger partial charge in [-0.2, -0.15) is 0 Å². The molecule has 0 aromatic carbocycles. The number of nitrogen functional groups attached to an aromatic ring is 1. The van der Waals surface area contributed by atoms with Gasteiger partial charge in [0.2, 0.25) is 0 Å². The Kier molecular flexibility index (Phi) is 2.63. The Morgan fingerprint density at radius 3 is 2.71 bits per heavy atom. The third kappa shape index (κ3) is 1.71. The largest absolute Gasteiger partial charge is 0.397 e. The van der Waals surface area contributed by atoms with Crippen LogP contribution in [0.15, 0.2) is 23.7 Å². The average Bonchev–Trinajstić information content (AvgIpc) is 2.52. The van der Waals surface area contributed by atoms with Crippen molar-refractivity contribution < 1.29 is 0 Å². The van der Waals surface area contributed by atoms with E-state index in [9.17, 15) is 0 Å². The van der Waals surface area contributed by atoms with Crippen LogP contribution in [0.4, 0.5) is 5.69 Å². The van der Waals surface area contributed by atoms with Crippen LogP contribution in [0.1, 0.15) is 0 Å². The number of hydrogen-bond donors (Lipinski definition) is 1. The average molecular weight is 245 g/mol. The SMILES string of the molecule is Nc1cc(Cl)cnc1-c1ccsc1Cl. The van der Waals surface area contributed by atoms with Gasteiger partial charge in [-0.3, -0.25) is 4.98 Å². The van der Waals surface area contributed by atoms with Crippen molar-refractivity contribution in [3.05, 3.63) is 33.1 Å². The molecule has 2 rings (SSSR count). The van der Waals surface area contributed by atoms with Gasteiger partial charge in [0.15, 0.2) is 0 Å². The molecule has 0 aliphatic rings. The Balaban J connectivity index is 2.58. The maximum atomic E-state index is 5.98. The molecule has 0 aliphatic carbocycles. The molecule has 0 unspecified atom stereocenters. The van der Waals surface area contributed by atoms with E-state index in [0.29, 0.717) is 20.7 Å². The highest BCUT2D eigenvalue weighted by Crippen LogP contribution is 2.34. The zero-order valence-electron chi connectivity index (χ0n) is 7.00. The van der Waals surface area contributed by atoms with E-state index in [1.165, 1.54) is 11.3 Å². The lowest BCUT2D eigenvalue weighted by Crippen LogP contribution is -1.92. The Morgan fingerprint density at radius 1 is 1.36 bits per heavy atom. The second kappa shape index (κ2) is 3.77. The molecule has 2 N–H and O–H groups in total. The van der Waals surface area contributed by atoms with Crippen LogP contribution in [0.5, 0.6) is 0 Å².